The SMILES string of the molecule is N#Cc1c(S(=O)(=O)Cl)ccc(S)c1[N+](=O)[O-]. The zero-order valence-electron chi connectivity index (χ0n) is 7.42. The van der Waals surface area contributed by atoms with Crippen molar-refractivity contribution < 1.29 is 13.3 Å². The normalized spacial score (nSPS) is 10.8. The number of nitro benzene ring substituents is 1. The lowest BCUT2D eigenvalue weighted by Gasteiger charge is -2.02. The highest BCUT2D eigenvalue weighted by Gasteiger charge is 2.27. The van der Waals surface area contributed by atoms with Crippen molar-refractivity contribution in [3.05, 3.63) is 27.8 Å². The van der Waals surface area contributed by atoms with Crippen molar-refractivity contribution in [1.82, 2.24) is 0 Å². The van der Waals surface area contributed by atoms with E-state index in [-0.39, 0.29) is 4.90 Å². The van der Waals surface area contributed by atoms with Crippen LogP contribution >= 0.6 is 23.3 Å². The summed E-state index contributed by atoms with van der Waals surface area (Å²) < 4.78 is 22.1. The number of thiol groups is 1. The summed E-state index contributed by atoms with van der Waals surface area (Å²) in [6.45, 7) is 0. The third-order valence-corrected chi connectivity index (χ3v) is 3.40. The van der Waals surface area contributed by atoms with Gasteiger partial charge in [0, 0.05) is 10.7 Å². The van der Waals surface area contributed by atoms with Gasteiger partial charge in [-0.3, -0.25) is 10.1 Å². The molecule has 0 saturated carbocycles. The van der Waals surface area contributed by atoms with E-state index in [1.165, 1.54) is 6.07 Å². The highest BCUT2D eigenvalue weighted by atomic mass is 35.7. The summed E-state index contributed by atoms with van der Waals surface area (Å²) in [5.74, 6) is 0. The van der Waals surface area contributed by atoms with Crippen LogP contribution in [0.15, 0.2) is 21.9 Å². The summed E-state index contributed by atoms with van der Waals surface area (Å²) in [6, 6.07) is 3.53. The third-order valence-electron chi connectivity index (χ3n) is 1.68. The average molecular weight is 279 g/mol. The summed E-state index contributed by atoms with van der Waals surface area (Å²) in [5, 5.41) is 19.4. The summed E-state index contributed by atoms with van der Waals surface area (Å²) in [4.78, 5) is 9.06. The van der Waals surface area contributed by atoms with Gasteiger partial charge in [0.05, 0.1) is 9.82 Å². The van der Waals surface area contributed by atoms with E-state index in [1.54, 1.807) is 0 Å². The van der Waals surface area contributed by atoms with Gasteiger partial charge >= 0.3 is 5.69 Å². The quantitative estimate of drug-likeness (QED) is 0.384. The van der Waals surface area contributed by atoms with Gasteiger partial charge in [0.2, 0.25) is 0 Å². The molecule has 0 fully saturated rings. The Morgan fingerprint density at radius 1 is 1.50 bits per heavy atom. The second-order valence-corrected chi connectivity index (χ2v) is 5.63. The maximum Gasteiger partial charge on any atom is 0.301 e. The largest absolute Gasteiger partial charge is 0.301 e. The number of benzene rings is 1. The Bertz CT molecular complexity index is 606. The first kappa shape index (κ1) is 12.8. The van der Waals surface area contributed by atoms with Crippen LogP contribution in [0, 0.1) is 21.4 Å². The van der Waals surface area contributed by atoms with Crippen molar-refractivity contribution in [2.24, 2.45) is 0 Å². The topological polar surface area (TPSA) is 101 Å². The molecule has 0 spiro atoms. The Morgan fingerprint density at radius 3 is 2.44 bits per heavy atom. The fourth-order valence-electron chi connectivity index (χ4n) is 1.06. The molecule has 0 bridgehead atoms. The summed E-state index contributed by atoms with van der Waals surface area (Å²) >= 11 is 3.77. The molecule has 1 aromatic carbocycles. The van der Waals surface area contributed by atoms with E-state index < -0.39 is 30.1 Å². The molecule has 0 unspecified atom stereocenters. The summed E-state index contributed by atoms with van der Waals surface area (Å²) in [7, 11) is 0.838. The van der Waals surface area contributed by atoms with Crippen molar-refractivity contribution in [3.8, 4) is 6.07 Å². The lowest BCUT2D eigenvalue weighted by atomic mass is 10.2. The Labute approximate surface area is 100 Å². The van der Waals surface area contributed by atoms with Crippen LogP contribution in [-0.4, -0.2) is 13.3 Å². The molecule has 0 aliphatic rings. The van der Waals surface area contributed by atoms with E-state index in [0.717, 1.165) is 12.1 Å². The Hall–Kier alpha value is -1.30. The first-order valence-electron chi connectivity index (χ1n) is 3.64. The molecule has 1 rings (SSSR count). The molecular formula is C7H3ClN2O4S2. The highest BCUT2D eigenvalue weighted by molar-refractivity contribution is 8.13. The average Bonchev–Trinajstić information content (AvgIpc) is 2.14. The number of rotatable bonds is 2. The lowest BCUT2D eigenvalue weighted by Crippen LogP contribution is -2.01. The van der Waals surface area contributed by atoms with E-state index in [2.05, 4.69) is 12.6 Å². The molecule has 16 heavy (non-hydrogen) atoms. The molecule has 0 aromatic heterocycles. The van der Waals surface area contributed by atoms with Crippen LogP contribution in [0.2, 0.25) is 0 Å². The molecule has 9 heteroatoms. The van der Waals surface area contributed by atoms with Crippen LogP contribution in [0.1, 0.15) is 5.56 Å². The van der Waals surface area contributed by atoms with Gasteiger partial charge in [0.1, 0.15) is 11.0 Å². The second kappa shape index (κ2) is 4.29. The van der Waals surface area contributed by atoms with E-state index in [4.69, 9.17) is 15.9 Å². The molecule has 0 atom stereocenters. The van der Waals surface area contributed by atoms with Gasteiger partial charge in [-0.2, -0.15) is 5.26 Å². The van der Waals surface area contributed by atoms with Gasteiger partial charge in [-0.25, -0.2) is 8.42 Å². The van der Waals surface area contributed by atoms with Gasteiger partial charge in [-0.15, -0.1) is 12.6 Å². The zero-order chi connectivity index (χ0) is 12.5. The minimum Gasteiger partial charge on any atom is -0.258 e. The molecule has 6 nitrogen and oxygen atoms in total. The minimum atomic E-state index is -4.21. The lowest BCUT2D eigenvalue weighted by molar-refractivity contribution is -0.388. The standard InChI is InChI=1S/C7H3ClN2O4S2/c8-16(13,14)6-2-1-5(15)7(10(11)12)4(6)3-9/h1-2,15H. The van der Waals surface area contributed by atoms with E-state index >= 15 is 0 Å². The number of hydrogen-bond acceptors (Lipinski definition) is 6. The molecular weight excluding hydrogens is 276 g/mol. The van der Waals surface area contributed by atoms with Gasteiger partial charge < -0.3 is 0 Å². The number of nitro groups is 1. The Kier molecular flexibility index (Phi) is 3.42. The van der Waals surface area contributed by atoms with Crippen molar-refractivity contribution in [2.75, 3.05) is 0 Å². The second-order valence-electron chi connectivity index (χ2n) is 2.61. The summed E-state index contributed by atoms with van der Waals surface area (Å²) in [5.41, 5.74) is -1.29. The van der Waals surface area contributed by atoms with Crippen LogP contribution in [0.5, 0.6) is 0 Å². The molecule has 0 saturated heterocycles. The van der Waals surface area contributed by atoms with Gasteiger partial charge in [-0.05, 0) is 12.1 Å². The van der Waals surface area contributed by atoms with Gasteiger partial charge in [-0.1, -0.05) is 0 Å². The monoisotopic (exact) mass is 278 g/mol. The van der Waals surface area contributed by atoms with Crippen LogP contribution in [0.25, 0.3) is 0 Å². The van der Waals surface area contributed by atoms with E-state index in [9.17, 15) is 18.5 Å². The van der Waals surface area contributed by atoms with Crippen LogP contribution in [0.4, 0.5) is 5.69 Å². The molecule has 0 N–H and O–H groups in total. The molecule has 0 radical (unpaired) electrons. The van der Waals surface area contributed by atoms with Crippen molar-refractivity contribution >= 4 is 38.0 Å². The Morgan fingerprint density at radius 2 is 2.06 bits per heavy atom. The third kappa shape index (κ3) is 2.27. The van der Waals surface area contributed by atoms with Crippen molar-refractivity contribution in [2.45, 2.75) is 9.79 Å². The molecule has 1 aromatic rings. The fraction of sp³-hybridized carbons (Fsp3) is 0. The predicted molar refractivity (Wildman–Crippen MR) is 58.1 cm³/mol. The molecule has 84 valence electrons. The van der Waals surface area contributed by atoms with Gasteiger partial charge in [0.15, 0.2) is 5.56 Å². The number of halogens is 1. The van der Waals surface area contributed by atoms with E-state index in [1.807, 2.05) is 0 Å². The first-order valence-corrected chi connectivity index (χ1v) is 6.39. The predicted octanol–water partition coefficient (Wildman–Crippen LogP) is 1.68. The van der Waals surface area contributed by atoms with E-state index in [0.29, 0.717) is 0 Å². The van der Waals surface area contributed by atoms with Crippen LogP contribution < -0.4 is 0 Å². The van der Waals surface area contributed by atoms with Crippen molar-refractivity contribution in [3.63, 3.8) is 0 Å². The maximum absolute atomic E-state index is 11.1. The summed E-state index contributed by atoms with van der Waals surface area (Å²) in [6.07, 6.45) is 0. The highest BCUT2D eigenvalue weighted by Crippen LogP contribution is 2.32. The maximum atomic E-state index is 11.1. The number of hydrogen-bond donors (Lipinski definition) is 1. The van der Waals surface area contributed by atoms with Crippen molar-refractivity contribution in [1.29, 1.82) is 5.26 Å². The first-order chi connectivity index (χ1) is 7.29. The smallest absolute Gasteiger partial charge is 0.258 e. The fourth-order valence-corrected chi connectivity index (χ4v) is 2.33. The zero-order valence-corrected chi connectivity index (χ0v) is 9.88. The van der Waals surface area contributed by atoms with Crippen LogP contribution in [0.3, 0.4) is 0 Å². The molecule has 0 heterocycles. The molecule has 0 amide bonds. The van der Waals surface area contributed by atoms with Gasteiger partial charge in [0.25, 0.3) is 9.05 Å². The number of nitriles is 1. The minimum absolute atomic E-state index is 0.106. The Balaban J connectivity index is 3.79. The van der Waals surface area contributed by atoms with Crippen LogP contribution in [-0.2, 0) is 9.05 Å². The molecule has 0 aliphatic heterocycles. The number of nitrogens with zero attached hydrogens (tertiary/aromatic N) is 2. The molecule has 0 aliphatic carbocycles.